The van der Waals surface area contributed by atoms with Crippen LogP contribution >= 0.6 is 0 Å². The zero-order valence-corrected chi connectivity index (χ0v) is 15.9. The number of amides is 1. The summed E-state index contributed by atoms with van der Waals surface area (Å²) in [5, 5.41) is 0. The second kappa shape index (κ2) is 6.94. The molecule has 0 aliphatic rings. The monoisotopic (exact) mass is 350 g/mol. The summed E-state index contributed by atoms with van der Waals surface area (Å²) in [4.78, 5) is 24.5. The van der Waals surface area contributed by atoms with Crippen LogP contribution in [0.15, 0.2) is 36.4 Å². The first kappa shape index (κ1) is 18.2. The van der Waals surface area contributed by atoms with Gasteiger partial charge in [-0.25, -0.2) is 0 Å². The summed E-state index contributed by atoms with van der Waals surface area (Å²) >= 11 is 0. The highest BCUT2D eigenvalue weighted by atomic mass is 16.2. The van der Waals surface area contributed by atoms with E-state index in [0.717, 1.165) is 23.9 Å². The van der Waals surface area contributed by atoms with E-state index in [4.69, 9.17) is 5.73 Å². The molecule has 136 valence electrons. The lowest BCUT2D eigenvalue weighted by Crippen LogP contribution is -2.13. The van der Waals surface area contributed by atoms with E-state index in [1.165, 1.54) is 11.1 Å². The minimum atomic E-state index is -0.490. The summed E-state index contributed by atoms with van der Waals surface area (Å²) in [6, 6.07) is 10.7. The van der Waals surface area contributed by atoms with Gasteiger partial charge >= 0.3 is 0 Å². The molecule has 0 saturated carbocycles. The van der Waals surface area contributed by atoms with E-state index in [0.29, 0.717) is 23.0 Å². The number of primary amides is 1. The van der Waals surface area contributed by atoms with Gasteiger partial charge in [-0.1, -0.05) is 27.7 Å². The van der Waals surface area contributed by atoms with Crippen molar-refractivity contribution in [2.24, 2.45) is 5.73 Å². The summed E-state index contributed by atoms with van der Waals surface area (Å²) in [5.74, 6) is 0.263. The standard InChI is InChI=1S/C22H26N2O2/c1-5-13(3)19-17-11-12-18(20(19)14(4)6-2)24(17)22(26)16-9-7-15(8-10-16)21(23)25/h7-14H,5-6H2,1-4H3,(H2,23,25). The largest absolute Gasteiger partial charge is 0.366 e. The van der Waals surface area contributed by atoms with Crippen molar-refractivity contribution in [1.82, 2.24) is 4.57 Å². The molecule has 1 aromatic carbocycles. The molecule has 2 aromatic heterocycles. The lowest BCUT2D eigenvalue weighted by Gasteiger charge is -2.16. The molecule has 2 heterocycles. The zero-order valence-electron chi connectivity index (χ0n) is 15.9. The highest BCUT2D eigenvalue weighted by Crippen LogP contribution is 2.41. The molecule has 1 amide bonds. The van der Waals surface area contributed by atoms with E-state index in [1.807, 2.05) is 4.57 Å². The Morgan fingerprint density at radius 1 is 0.846 bits per heavy atom. The lowest BCUT2D eigenvalue weighted by molar-refractivity contribution is 0.0965. The Morgan fingerprint density at radius 2 is 1.27 bits per heavy atom. The quantitative estimate of drug-likeness (QED) is 0.687. The second-order valence-corrected chi connectivity index (χ2v) is 7.13. The van der Waals surface area contributed by atoms with Gasteiger partial charge in [-0.2, -0.15) is 0 Å². The van der Waals surface area contributed by atoms with Gasteiger partial charge in [0.05, 0.1) is 11.0 Å². The predicted octanol–water partition coefficient (Wildman–Crippen LogP) is 4.89. The number of rotatable bonds is 6. The average molecular weight is 350 g/mol. The summed E-state index contributed by atoms with van der Waals surface area (Å²) in [5.41, 5.74) is 10.9. The average Bonchev–Trinajstić information content (AvgIpc) is 3.22. The van der Waals surface area contributed by atoms with Crippen LogP contribution in [0.4, 0.5) is 0 Å². The minimum Gasteiger partial charge on any atom is -0.366 e. The van der Waals surface area contributed by atoms with E-state index in [-0.39, 0.29) is 5.91 Å². The SMILES string of the molecule is CCC(C)c1c(C(C)CC)c2ccc1n2C(=O)c1ccc(C(N)=O)cc1. The normalized spacial score (nSPS) is 13.8. The number of aromatic nitrogens is 1. The van der Waals surface area contributed by atoms with Crippen molar-refractivity contribution in [3.8, 4) is 0 Å². The van der Waals surface area contributed by atoms with Crippen LogP contribution in [0.3, 0.4) is 0 Å². The van der Waals surface area contributed by atoms with Crippen LogP contribution in [-0.2, 0) is 0 Å². The van der Waals surface area contributed by atoms with Crippen molar-refractivity contribution in [2.45, 2.75) is 52.4 Å². The maximum atomic E-state index is 13.2. The van der Waals surface area contributed by atoms with Crippen LogP contribution in [0.1, 0.15) is 84.2 Å². The first-order chi connectivity index (χ1) is 12.4. The number of fused-ring (bicyclic) bond motifs is 2. The molecule has 0 fully saturated rings. The van der Waals surface area contributed by atoms with E-state index in [9.17, 15) is 9.59 Å². The highest BCUT2D eigenvalue weighted by Gasteiger charge is 2.28. The molecule has 3 aromatic rings. The molecule has 0 saturated heterocycles. The summed E-state index contributed by atoms with van der Waals surface area (Å²) in [6.07, 6.45) is 2.07. The summed E-state index contributed by atoms with van der Waals surface area (Å²) < 4.78 is 1.84. The number of hydrogen-bond acceptors (Lipinski definition) is 2. The van der Waals surface area contributed by atoms with E-state index in [1.54, 1.807) is 24.3 Å². The van der Waals surface area contributed by atoms with Crippen molar-refractivity contribution in [3.63, 3.8) is 0 Å². The van der Waals surface area contributed by atoms with E-state index < -0.39 is 5.91 Å². The fourth-order valence-electron chi connectivity index (χ4n) is 3.70. The molecule has 3 rings (SSSR count). The Bertz CT molecular complexity index is 895. The molecule has 26 heavy (non-hydrogen) atoms. The molecule has 0 aliphatic carbocycles. The topological polar surface area (TPSA) is 65.1 Å². The fourth-order valence-corrected chi connectivity index (χ4v) is 3.70. The number of nitrogens with zero attached hydrogens (tertiary/aromatic N) is 1. The predicted molar refractivity (Wildman–Crippen MR) is 105 cm³/mol. The molecule has 2 atom stereocenters. The smallest absolute Gasteiger partial charge is 0.262 e. The van der Waals surface area contributed by atoms with Gasteiger partial charge in [0.15, 0.2) is 0 Å². The number of benzene rings is 2. The summed E-state index contributed by atoms with van der Waals surface area (Å²) in [7, 11) is 0. The number of carbonyl (C=O) groups excluding carboxylic acids is 2. The lowest BCUT2D eigenvalue weighted by atomic mass is 9.87. The van der Waals surface area contributed by atoms with Gasteiger partial charge in [0, 0.05) is 11.1 Å². The molecule has 0 radical (unpaired) electrons. The van der Waals surface area contributed by atoms with Crippen molar-refractivity contribution >= 4 is 22.8 Å². The van der Waals surface area contributed by atoms with Crippen molar-refractivity contribution in [3.05, 3.63) is 58.7 Å². The van der Waals surface area contributed by atoms with Gasteiger partial charge < -0.3 is 5.73 Å². The Hall–Kier alpha value is -2.62. The summed E-state index contributed by atoms with van der Waals surface area (Å²) in [6.45, 7) is 8.82. The third kappa shape index (κ3) is 2.79. The molecule has 2 unspecified atom stereocenters. The maximum Gasteiger partial charge on any atom is 0.262 e. The van der Waals surface area contributed by atoms with Gasteiger partial charge in [-0.3, -0.25) is 14.2 Å². The van der Waals surface area contributed by atoms with Gasteiger partial charge in [-0.05, 0) is 72.2 Å². The first-order valence-corrected chi connectivity index (χ1v) is 9.31. The number of carbonyl (C=O) groups is 2. The van der Waals surface area contributed by atoms with Crippen molar-refractivity contribution in [1.29, 1.82) is 0 Å². The molecule has 2 N–H and O–H groups in total. The second-order valence-electron chi connectivity index (χ2n) is 7.13. The van der Waals surface area contributed by atoms with E-state index in [2.05, 4.69) is 39.8 Å². The van der Waals surface area contributed by atoms with Crippen LogP contribution < -0.4 is 5.73 Å². The molecule has 4 nitrogen and oxygen atoms in total. The number of hydrogen-bond donors (Lipinski definition) is 1. The van der Waals surface area contributed by atoms with Gasteiger partial charge in [0.1, 0.15) is 0 Å². The third-order valence-electron chi connectivity index (χ3n) is 5.55. The van der Waals surface area contributed by atoms with Crippen molar-refractivity contribution in [2.75, 3.05) is 0 Å². The van der Waals surface area contributed by atoms with Crippen LogP contribution in [0, 0.1) is 0 Å². The van der Waals surface area contributed by atoms with Crippen LogP contribution in [0.25, 0.3) is 11.0 Å². The Labute approximate surface area is 154 Å². The number of nitrogens with two attached hydrogens (primary N) is 1. The molecule has 4 heteroatoms. The van der Waals surface area contributed by atoms with Gasteiger partial charge in [-0.15, -0.1) is 0 Å². The first-order valence-electron chi connectivity index (χ1n) is 9.31. The Balaban J connectivity index is 2.13. The molecule has 0 aliphatic heterocycles. The van der Waals surface area contributed by atoms with Crippen LogP contribution in [-0.4, -0.2) is 16.4 Å². The van der Waals surface area contributed by atoms with Gasteiger partial charge in [0.25, 0.3) is 5.91 Å². The van der Waals surface area contributed by atoms with Crippen LogP contribution in [0.5, 0.6) is 0 Å². The minimum absolute atomic E-state index is 0.0601. The van der Waals surface area contributed by atoms with Crippen LogP contribution in [0.2, 0.25) is 0 Å². The zero-order chi connectivity index (χ0) is 19.0. The Morgan fingerprint density at radius 3 is 1.65 bits per heavy atom. The molecule has 0 spiro atoms. The molecular weight excluding hydrogens is 324 g/mol. The fraction of sp³-hybridized carbons (Fsp3) is 0.364. The Kier molecular flexibility index (Phi) is 4.86. The third-order valence-corrected chi connectivity index (χ3v) is 5.55. The maximum absolute atomic E-state index is 13.2. The van der Waals surface area contributed by atoms with E-state index >= 15 is 0 Å². The molecular formula is C22H26N2O2. The highest BCUT2D eigenvalue weighted by molar-refractivity contribution is 6.05. The van der Waals surface area contributed by atoms with Crippen molar-refractivity contribution < 1.29 is 9.59 Å². The van der Waals surface area contributed by atoms with Gasteiger partial charge in [0.2, 0.25) is 5.91 Å². The molecule has 2 bridgehead atoms.